The summed E-state index contributed by atoms with van der Waals surface area (Å²) in [7, 11) is 0. The van der Waals surface area contributed by atoms with Gasteiger partial charge in [0.15, 0.2) is 0 Å². The maximum atomic E-state index is 13.4. The summed E-state index contributed by atoms with van der Waals surface area (Å²) >= 11 is 12.8. The van der Waals surface area contributed by atoms with Crippen LogP contribution in [0.15, 0.2) is 40.7 Å². The lowest BCUT2D eigenvalue weighted by Crippen LogP contribution is -2.54. The first kappa shape index (κ1) is 27.0. The standard InChI is InChI=1S/C28H33Cl2N3O5/c1-15-23(27(35)36)26(24-18(29)3-2-4-19(24)30)25(28(37)38)20(31-15)14-22(34)33-11-9-32(10-12-33)21-8-6-16-5-7-17(21)13-16/h2-4,16-17,21,26,31H,5-14H2,1H3,(H,35,36)(H,37,38). The molecule has 2 aliphatic heterocycles. The topological polar surface area (TPSA) is 110 Å². The average Bonchev–Trinajstić information content (AvgIpc) is 3.23. The van der Waals surface area contributed by atoms with Gasteiger partial charge in [-0.2, -0.15) is 0 Å². The molecule has 3 fully saturated rings. The molecule has 1 amide bonds. The largest absolute Gasteiger partial charge is 0.478 e. The van der Waals surface area contributed by atoms with E-state index < -0.39 is 17.9 Å². The highest BCUT2D eigenvalue weighted by molar-refractivity contribution is 6.36. The van der Waals surface area contributed by atoms with Crippen LogP contribution in [-0.2, 0) is 14.4 Å². The maximum absolute atomic E-state index is 13.4. The lowest BCUT2D eigenvalue weighted by atomic mass is 9.79. The van der Waals surface area contributed by atoms with Gasteiger partial charge in [0.1, 0.15) is 0 Å². The number of carbonyl (C=O) groups excluding carboxylic acids is 1. The lowest BCUT2D eigenvalue weighted by molar-refractivity contribution is -0.133. The van der Waals surface area contributed by atoms with Crippen LogP contribution < -0.4 is 5.32 Å². The number of piperazine rings is 1. The van der Waals surface area contributed by atoms with Gasteiger partial charge in [-0.05, 0) is 56.6 Å². The Morgan fingerprint density at radius 2 is 1.58 bits per heavy atom. The Kier molecular flexibility index (Phi) is 7.76. The van der Waals surface area contributed by atoms with Gasteiger partial charge in [0, 0.05) is 59.2 Å². The maximum Gasteiger partial charge on any atom is 0.334 e. The Labute approximate surface area is 232 Å². The predicted molar refractivity (Wildman–Crippen MR) is 144 cm³/mol. The minimum Gasteiger partial charge on any atom is -0.478 e. The fraction of sp³-hybridized carbons (Fsp3) is 0.536. The van der Waals surface area contributed by atoms with E-state index in [0.717, 1.165) is 24.9 Å². The molecule has 4 aliphatic rings. The van der Waals surface area contributed by atoms with Crippen molar-refractivity contribution in [2.45, 2.75) is 57.4 Å². The molecule has 0 aromatic heterocycles. The molecule has 4 atom stereocenters. The number of halogens is 2. The molecule has 1 saturated heterocycles. The van der Waals surface area contributed by atoms with Crippen LogP contribution in [0.1, 0.15) is 56.9 Å². The predicted octanol–water partition coefficient (Wildman–Crippen LogP) is 4.49. The van der Waals surface area contributed by atoms with Crippen LogP contribution in [0.25, 0.3) is 0 Å². The van der Waals surface area contributed by atoms with Gasteiger partial charge >= 0.3 is 11.9 Å². The Hall–Kier alpha value is -2.55. The smallest absolute Gasteiger partial charge is 0.334 e. The highest BCUT2D eigenvalue weighted by Crippen LogP contribution is 2.45. The molecule has 5 rings (SSSR count). The van der Waals surface area contributed by atoms with Crippen molar-refractivity contribution < 1.29 is 24.6 Å². The minimum atomic E-state index is -1.33. The molecule has 2 saturated carbocycles. The number of carboxylic acids is 2. The fourth-order valence-corrected chi connectivity index (χ4v) is 7.68. The number of benzene rings is 1. The zero-order valence-electron chi connectivity index (χ0n) is 21.4. The van der Waals surface area contributed by atoms with Crippen molar-refractivity contribution in [2.24, 2.45) is 11.8 Å². The normalized spacial score (nSPS) is 27.9. The zero-order chi connectivity index (χ0) is 27.1. The third-order valence-electron chi connectivity index (χ3n) is 8.85. The van der Waals surface area contributed by atoms with E-state index in [0.29, 0.717) is 19.1 Å². The molecule has 4 unspecified atom stereocenters. The second-order valence-corrected chi connectivity index (χ2v) is 11.7. The second kappa shape index (κ2) is 10.9. The van der Waals surface area contributed by atoms with E-state index >= 15 is 0 Å². The monoisotopic (exact) mass is 561 g/mol. The molecule has 2 aliphatic carbocycles. The molecule has 204 valence electrons. The summed E-state index contributed by atoms with van der Waals surface area (Å²) in [6.07, 6.45) is 6.37. The van der Waals surface area contributed by atoms with Crippen LogP contribution in [0.4, 0.5) is 0 Å². The molecule has 1 aromatic rings. The van der Waals surface area contributed by atoms with E-state index in [4.69, 9.17) is 23.2 Å². The third kappa shape index (κ3) is 5.06. The molecule has 0 radical (unpaired) electrons. The Bertz CT molecular complexity index is 1200. The Morgan fingerprint density at radius 1 is 0.947 bits per heavy atom. The highest BCUT2D eigenvalue weighted by atomic mass is 35.5. The Balaban J connectivity index is 1.37. The van der Waals surface area contributed by atoms with Crippen LogP contribution in [-0.4, -0.2) is 70.1 Å². The summed E-state index contributed by atoms with van der Waals surface area (Å²) in [5.41, 5.74) is 0.226. The summed E-state index contributed by atoms with van der Waals surface area (Å²) < 4.78 is 0. The summed E-state index contributed by atoms with van der Waals surface area (Å²) in [4.78, 5) is 42.5. The van der Waals surface area contributed by atoms with Crippen molar-refractivity contribution in [2.75, 3.05) is 26.2 Å². The van der Waals surface area contributed by atoms with Gasteiger partial charge in [0.2, 0.25) is 5.91 Å². The molecule has 10 heteroatoms. The van der Waals surface area contributed by atoms with Gasteiger partial charge in [-0.3, -0.25) is 9.69 Å². The molecule has 2 bridgehead atoms. The van der Waals surface area contributed by atoms with Crippen LogP contribution in [0.2, 0.25) is 10.0 Å². The molecule has 2 heterocycles. The van der Waals surface area contributed by atoms with Crippen molar-refractivity contribution in [3.8, 4) is 0 Å². The number of rotatable bonds is 6. The summed E-state index contributed by atoms with van der Waals surface area (Å²) in [5.74, 6) is -2.35. The Morgan fingerprint density at radius 3 is 2.21 bits per heavy atom. The lowest BCUT2D eigenvalue weighted by Gasteiger charge is -2.43. The fourth-order valence-electron chi connectivity index (χ4n) is 7.06. The molecular weight excluding hydrogens is 529 g/mol. The summed E-state index contributed by atoms with van der Waals surface area (Å²) in [5, 5.41) is 23.5. The molecule has 3 N–H and O–H groups in total. The number of allylic oxidation sites excluding steroid dienone is 1. The molecular formula is C28H33Cl2N3O5. The van der Waals surface area contributed by atoms with Gasteiger partial charge in [-0.1, -0.05) is 35.7 Å². The van der Waals surface area contributed by atoms with E-state index in [2.05, 4.69) is 10.2 Å². The first-order valence-electron chi connectivity index (χ1n) is 13.3. The molecule has 0 spiro atoms. The number of nitrogens with zero attached hydrogens (tertiary/aromatic N) is 2. The molecule has 8 nitrogen and oxygen atoms in total. The number of fused-ring (bicyclic) bond motifs is 2. The number of aliphatic carboxylic acids is 2. The average molecular weight is 562 g/mol. The number of hydrogen-bond acceptors (Lipinski definition) is 5. The summed E-state index contributed by atoms with van der Waals surface area (Å²) in [6, 6.07) is 5.30. The second-order valence-electron chi connectivity index (χ2n) is 10.9. The van der Waals surface area contributed by atoms with Gasteiger partial charge in [-0.25, -0.2) is 9.59 Å². The third-order valence-corrected chi connectivity index (χ3v) is 9.51. The quantitative estimate of drug-likeness (QED) is 0.469. The van der Waals surface area contributed by atoms with Crippen molar-refractivity contribution in [1.29, 1.82) is 0 Å². The van der Waals surface area contributed by atoms with Crippen LogP contribution in [0.5, 0.6) is 0 Å². The van der Waals surface area contributed by atoms with E-state index in [1.54, 1.807) is 30.0 Å². The highest BCUT2D eigenvalue weighted by Gasteiger charge is 2.42. The van der Waals surface area contributed by atoms with Crippen molar-refractivity contribution >= 4 is 41.0 Å². The van der Waals surface area contributed by atoms with Crippen LogP contribution >= 0.6 is 23.2 Å². The number of amides is 1. The van der Waals surface area contributed by atoms with Gasteiger partial charge in [-0.15, -0.1) is 0 Å². The van der Waals surface area contributed by atoms with Gasteiger partial charge in [0.05, 0.1) is 23.5 Å². The minimum absolute atomic E-state index is 0.160. The summed E-state index contributed by atoms with van der Waals surface area (Å²) in [6.45, 7) is 4.37. The van der Waals surface area contributed by atoms with E-state index in [1.165, 1.54) is 32.1 Å². The van der Waals surface area contributed by atoms with Crippen LogP contribution in [0.3, 0.4) is 0 Å². The number of carbonyl (C=O) groups is 3. The van der Waals surface area contributed by atoms with E-state index in [1.807, 2.05) is 0 Å². The van der Waals surface area contributed by atoms with Crippen molar-refractivity contribution in [1.82, 2.24) is 15.1 Å². The first-order chi connectivity index (χ1) is 18.2. The van der Waals surface area contributed by atoms with Crippen molar-refractivity contribution in [3.63, 3.8) is 0 Å². The number of dihydropyridines is 1. The first-order valence-corrected chi connectivity index (χ1v) is 14.0. The molecule has 38 heavy (non-hydrogen) atoms. The van der Waals surface area contributed by atoms with Gasteiger partial charge < -0.3 is 20.4 Å². The number of hydrogen-bond donors (Lipinski definition) is 3. The number of carboxylic acid groups (broad SMARTS) is 2. The van der Waals surface area contributed by atoms with E-state index in [9.17, 15) is 24.6 Å². The molecule has 1 aromatic carbocycles. The van der Waals surface area contributed by atoms with Crippen molar-refractivity contribution in [3.05, 3.63) is 56.3 Å². The zero-order valence-corrected chi connectivity index (χ0v) is 22.9. The SMILES string of the molecule is CC1=C(C(=O)O)C(c2c(Cl)cccc2Cl)C(C(=O)O)=C(CC(=O)N2CCN(C3CCC4CCC3C4)CC2)N1. The number of nitrogens with one attached hydrogen (secondary N) is 1. The van der Waals surface area contributed by atoms with Crippen LogP contribution in [0, 0.1) is 11.8 Å². The van der Waals surface area contributed by atoms with Gasteiger partial charge in [0.25, 0.3) is 0 Å². The van der Waals surface area contributed by atoms with E-state index in [-0.39, 0.29) is 50.5 Å².